The molecule has 6 aromatic carbocycles. The Morgan fingerprint density at radius 2 is 0.953 bits per heavy atom. The predicted molar refractivity (Wildman–Crippen MR) is 174 cm³/mol. The van der Waals surface area contributed by atoms with Gasteiger partial charge in [-0.15, -0.1) is 0 Å². The minimum Gasteiger partial charge on any atom is -0.456 e. The van der Waals surface area contributed by atoms with Crippen LogP contribution < -0.4 is 0 Å². The maximum Gasteiger partial charge on any atom is 0.164 e. The first-order valence-electron chi connectivity index (χ1n) is 20.6. The molecule has 0 unspecified atom stereocenters. The summed E-state index contributed by atoms with van der Waals surface area (Å²) in [5.41, 5.74) is 1.13. The minimum absolute atomic E-state index is 0.115. The van der Waals surface area contributed by atoms with Gasteiger partial charge in [-0.1, -0.05) is 139 Å². The van der Waals surface area contributed by atoms with Gasteiger partial charge in [0.15, 0.2) is 17.5 Å². The van der Waals surface area contributed by atoms with Gasteiger partial charge in [-0.05, 0) is 34.4 Å². The molecule has 0 saturated carbocycles. The number of benzene rings is 6. The molecule has 0 amide bonds. The van der Waals surface area contributed by atoms with Crippen LogP contribution in [0.3, 0.4) is 0 Å². The fourth-order valence-electron chi connectivity index (χ4n) is 4.77. The van der Waals surface area contributed by atoms with Gasteiger partial charge in [0.2, 0.25) is 0 Å². The number of furan rings is 1. The van der Waals surface area contributed by atoms with Gasteiger partial charge >= 0.3 is 0 Å². The minimum atomic E-state index is -0.760. The van der Waals surface area contributed by atoms with E-state index < -0.39 is 118 Å². The van der Waals surface area contributed by atoms with Crippen molar-refractivity contribution in [2.45, 2.75) is 0 Å². The third kappa shape index (κ3) is 4.65. The molecule has 8 aromatic rings. The summed E-state index contributed by atoms with van der Waals surface area (Å²) in [6.07, 6.45) is 0. The lowest BCUT2D eigenvalue weighted by atomic mass is 9.98. The SMILES string of the molecule is [2H]c1ccc2oc3cccc(-c4ccc(-c5nc(-c6c([2H])c([2H])c([2H])c([2H])c6[2H])nc(-c6c([2H])c([2H])c(-c7c([2H])c([2H])c([2H])c([2H])c7[2H])c([2H])c6[2H])n5)cc4)c3c2c1. The van der Waals surface area contributed by atoms with Gasteiger partial charge in [-0.3, -0.25) is 0 Å². The van der Waals surface area contributed by atoms with Gasteiger partial charge in [0.1, 0.15) is 11.2 Å². The topological polar surface area (TPSA) is 51.8 Å². The normalized spacial score (nSPS) is 16.1. The van der Waals surface area contributed by atoms with Gasteiger partial charge in [-0.2, -0.15) is 0 Å². The molecule has 0 bridgehead atoms. The summed E-state index contributed by atoms with van der Waals surface area (Å²) in [7, 11) is 0. The van der Waals surface area contributed by atoms with E-state index in [1.807, 2.05) is 18.2 Å². The molecule has 43 heavy (non-hydrogen) atoms. The van der Waals surface area contributed by atoms with Crippen LogP contribution in [-0.2, 0) is 0 Å². The van der Waals surface area contributed by atoms with Crippen LogP contribution in [0.15, 0.2) is 156 Å². The summed E-state index contributed by atoms with van der Waals surface area (Å²) < 4.78 is 133. The average molecular weight is 567 g/mol. The van der Waals surface area contributed by atoms with Crippen molar-refractivity contribution in [1.29, 1.82) is 0 Å². The number of para-hydroxylation sites is 1. The predicted octanol–water partition coefficient (Wildman–Crippen LogP) is 10.1. The molecule has 4 heteroatoms. The van der Waals surface area contributed by atoms with Crippen LogP contribution >= 0.6 is 0 Å². The number of hydrogen-bond donors (Lipinski definition) is 0. The second kappa shape index (κ2) is 10.5. The van der Waals surface area contributed by atoms with Crippen LogP contribution in [0.25, 0.3) is 78.4 Å². The van der Waals surface area contributed by atoms with Crippen molar-refractivity contribution in [3.8, 4) is 56.4 Å². The maximum absolute atomic E-state index is 9.01. The molecule has 0 saturated heterocycles. The molecule has 8 rings (SSSR count). The van der Waals surface area contributed by atoms with Crippen molar-refractivity contribution in [2.75, 3.05) is 0 Å². The quantitative estimate of drug-likeness (QED) is 0.208. The Kier molecular flexibility index (Phi) is 3.39. The standard InChI is InChI=1S/C39H25N3O/c1-3-10-26(11-4-1)27-18-22-30(23-19-27)38-40-37(29-12-5-2-6-13-29)41-39(42-38)31-24-20-28(21-25-31)32-15-9-17-35-36(32)33-14-7-8-16-34(33)43-35/h1-25H/i1D,2D,3D,4D,5D,6D,7D,10D,11D,12D,13D,18D,19D,22D,23D. The molecule has 2 aromatic heterocycles. The van der Waals surface area contributed by atoms with Crippen LogP contribution in [0.1, 0.15) is 20.6 Å². The molecule has 0 atom stereocenters. The molecule has 0 fully saturated rings. The fraction of sp³-hybridized carbons (Fsp3) is 0. The average Bonchev–Trinajstić information content (AvgIpc) is 3.59. The summed E-state index contributed by atoms with van der Waals surface area (Å²) in [6, 6.07) is 7.91. The molecule has 202 valence electrons. The van der Waals surface area contributed by atoms with Gasteiger partial charge in [0, 0.05) is 27.5 Å². The van der Waals surface area contributed by atoms with Gasteiger partial charge in [0.25, 0.3) is 0 Å². The number of nitrogens with zero attached hydrogens (tertiary/aromatic N) is 3. The molecule has 0 spiro atoms. The van der Waals surface area contributed by atoms with Crippen LogP contribution in [-0.4, -0.2) is 15.0 Å². The van der Waals surface area contributed by atoms with Crippen molar-refractivity contribution in [2.24, 2.45) is 0 Å². The number of hydrogen-bond acceptors (Lipinski definition) is 4. The molecule has 0 radical (unpaired) electrons. The highest BCUT2D eigenvalue weighted by molar-refractivity contribution is 6.12. The van der Waals surface area contributed by atoms with Crippen molar-refractivity contribution < 1.29 is 25.0 Å². The lowest BCUT2D eigenvalue weighted by Crippen LogP contribution is -2.00. The van der Waals surface area contributed by atoms with Crippen LogP contribution in [0, 0.1) is 0 Å². The number of rotatable bonds is 5. The summed E-state index contributed by atoms with van der Waals surface area (Å²) >= 11 is 0. The van der Waals surface area contributed by atoms with Crippen molar-refractivity contribution in [3.05, 3.63) is 151 Å². The van der Waals surface area contributed by atoms with E-state index in [9.17, 15) is 0 Å². The van der Waals surface area contributed by atoms with E-state index in [-0.39, 0.29) is 5.82 Å². The first kappa shape index (κ1) is 13.9. The summed E-state index contributed by atoms with van der Waals surface area (Å²) in [4.78, 5) is 13.4. The van der Waals surface area contributed by atoms with Gasteiger partial charge < -0.3 is 4.42 Å². The Bertz CT molecular complexity index is 2990. The zero-order valence-electron chi connectivity index (χ0n) is 37.0. The highest BCUT2D eigenvalue weighted by Gasteiger charge is 2.15. The van der Waals surface area contributed by atoms with E-state index in [0.29, 0.717) is 22.8 Å². The van der Waals surface area contributed by atoms with Crippen molar-refractivity contribution >= 4 is 21.9 Å². The van der Waals surface area contributed by atoms with Crippen LogP contribution in [0.5, 0.6) is 0 Å². The highest BCUT2D eigenvalue weighted by atomic mass is 16.3. The van der Waals surface area contributed by atoms with E-state index in [1.165, 1.54) is 0 Å². The van der Waals surface area contributed by atoms with E-state index >= 15 is 0 Å². The van der Waals surface area contributed by atoms with Crippen LogP contribution in [0.4, 0.5) is 0 Å². The molecule has 4 nitrogen and oxygen atoms in total. The molecule has 0 aliphatic carbocycles. The van der Waals surface area contributed by atoms with Crippen molar-refractivity contribution in [3.63, 3.8) is 0 Å². The largest absolute Gasteiger partial charge is 0.456 e. The summed E-state index contributed by atoms with van der Waals surface area (Å²) in [5, 5.41) is 1.55. The van der Waals surface area contributed by atoms with E-state index in [0.717, 1.165) is 21.9 Å². The fourth-order valence-corrected chi connectivity index (χ4v) is 4.77. The maximum atomic E-state index is 9.01. The van der Waals surface area contributed by atoms with Crippen LogP contribution in [0.2, 0.25) is 0 Å². The number of fused-ring (bicyclic) bond motifs is 3. The molecule has 0 aliphatic heterocycles. The monoisotopic (exact) mass is 566 g/mol. The molecular formula is C39H25N3O. The molecule has 0 N–H and O–H groups in total. The third-order valence-electron chi connectivity index (χ3n) is 6.75. The second-order valence-corrected chi connectivity index (χ2v) is 9.34. The van der Waals surface area contributed by atoms with Gasteiger partial charge in [0.05, 0.1) is 20.6 Å². The first-order chi connectivity index (χ1) is 27.5. The lowest BCUT2D eigenvalue weighted by molar-refractivity contribution is 0.669. The zero-order valence-corrected chi connectivity index (χ0v) is 22.0. The zero-order chi connectivity index (χ0) is 41.6. The second-order valence-electron chi connectivity index (χ2n) is 9.34. The Hall–Kier alpha value is -5.87. The van der Waals surface area contributed by atoms with Crippen molar-refractivity contribution in [1.82, 2.24) is 15.0 Å². The first-order valence-corrected chi connectivity index (χ1v) is 13.1. The smallest absolute Gasteiger partial charge is 0.164 e. The Morgan fingerprint density at radius 3 is 1.65 bits per heavy atom. The summed E-state index contributed by atoms with van der Waals surface area (Å²) in [5.74, 6) is -0.995. The van der Waals surface area contributed by atoms with E-state index in [2.05, 4.69) is 15.0 Å². The van der Waals surface area contributed by atoms with Gasteiger partial charge in [-0.25, -0.2) is 15.0 Å². The third-order valence-corrected chi connectivity index (χ3v) is 6.75. The Morgan fingerprint density at radius 1 is 0.419 bits per heavy atom. The Balaban J connectivity index is 1.35. The van der Waals surface area contributed by atoms with E-state index in [1.54, 1.807) is 42.5 Å². The molecule has 0 aliphatic rings. The molecule has 2 heterocycles. The highest BCUT2D eigenvalue weighted by Crippen LogP contribution is 2.37. The Labute approximate surface area is 270 Å². The lowest BCUT2D eigenvalue weighted by Gasteiger charge is -2.10. The van der Waals surface area contributed by atoms with E-state index in [4.69, 9.17) is 25.0 Å². The molecular weight excluding hydrogens is 526 g/mol. The number of aromatic nitrogens is 3. The summed E-state index contributed by atoms with van der Waals surface area (Å²) in [6.45, 7) is 0.